The first kappa shape index (κ1) is 11.4. The van der Waals surface area contributed by atoms with Gasteiger partial charge in [0.05, 0.1) is 0 Å². The summed E-state index contributed by atoms with van der Waals surface area (Å²) in [6, 6.07) is 10.5. The maximum atomic E-state index is 11.8. The van der Waals surface area contributed by atoms with Crippen LogP contribution in [0, 0.1) is 5.92 Å². The molecule has 1 heteroatoms. The molecule has 0 saturated heterocycles. The van der Waals surface area contributed by atoms with Gasteiger partial charge in [-0.15, -0.1) is 0 Å². The van der Waals surface area contributed by atoms with Crippen molar-refractivity contribution in [3.63, 3.8) is 0 Å². The molecular formula is C15H20O. The Morgan fingerprint density at radius 3 is 2.56 bits per heavy atom. The fraction of sp³-hybridized carbons (Fsp3) is 0.533. The molecule has 1 unspecified atom stereocenters. The number of carbonyl (C=O) groups is 1. The van der Waals surface area contributed by atoms with E-state index >= 15 is 0 Å². The van der Waals surface area contributed by atoms with Gasteiger partial charge in [-0.3, -0.25) is 4.79 Å². The molecule has 0 bridgehead atoms. The second-order valence-corrected chi connectivity index (χ2v) is 4.94. The van der Waals surface area contributed by atoms with E-state index in [0.717, 1.165) is 25.7 Å². The highest BCUT2D eigenvalue weighted by molar-refractivity contribution is 5.81. The number of benzene rings is 1. The van der Waals surface area contributed by atoms with Gasteiger partial charge < -0.3 is 0 Å². The summed E-state index contributed by atoms with van der Waals surface area (Å²) in [6.07, 6.45) is 5.29. The average Bonchev–Trinajstić information content (AvgIpc) is 2.25. The second kappa shape index (κ2) is 5.29. The van der Waals surface area contributed by atoms with Crippen LogP contribution in [-0.4, -0.2) is 5.78 Å². The van der Waals surface area contributed by atoms with Crippen LogP contribution in [0.4, 0.5) is 0 Å². The van der Waals surface area contributed by atoms with Crippen molar-refractivity contribution in [2.24, 2.45) is 5.92 Å². The molecule has 1 aromatic rings. The summed E-state index contributed by atoms with van der Waals surface area (Å²) < 4.78 is 0. The lowest BCUT2D eigenvalue weighted by molar-refractivity contribution is -0.125. The first-order chi connectivity index (χ1) is 7.77. The number of rotatable bonds is 5. The molecule has 1 aliphatic rings. The second-order valence-electron chi connectivity index (χ2n) is 4.94. The molecule has 0 N–H and O–H groups in total. The van der Waals surface area contributed by atoms with Crippen LogP contribution >= 0.6 is 0 Å². The minimum Gasteiger partial charge on any atom is -0.299 e. The van der Waals surface area contributed by atoms with E-state index in [9.17, 15) is 4.79 Å². The molecule has 0 aromatic heterocycles. The lowest BCUT2D eigenvalue weighted by Crippen LogP contribution is -2.21. The summed E-state index contributed by atoms with van der Waals surface area (Å²) >= 11 is 0. The number of ketones is 1. The highest BCUT2D eigenvalue weighted by atomic mass is 16.1. The molecule has 0 aliphatic heterocycles. The number of hydrogen-bond acceptors (Lipinski definition) is 1. The Hall–Kier alpha value is -1.11. The van der Waals surface area contributed by atoms with Gasteiger partial charge in [-0.05, 0) is 30.7 Å². The average molecular weight is 216 g/mol. The smallest absolute Gasteiger partial charge is 0.135 e. The summed E-state index contributed by atoms with van der Waals surface area (Å²) in [7, 11) is 0. The van der Waals surface area contributed by atoms with Crippen molar-refractivity contribution >= 4 is 5.78 Å². The van der Waals surface area contributed by atoms with Crippen molar-refractivity contribution in [3.8, 4) is 0 Å². The van der Waals surface area contributed by atoms with Crippen LogP contribution < -0.4 is 0 Å². The Labute approximate surface area is 97.9 Å². The monoisotopic (exact) mass is 216 g/mol. The summed E-state index contributed by atoms with van der Waals surface area (Å²) in [4.78, 5) is 11.8. The molecular weight excluding hydrogens is 196 g/mol. The van der Waals surface area contributed by atoms with E-state index in [1.165, 1.54) is 12.0 Å². The molecule has 0 radical (unpaired) electrons. The molecule has 0 heterocycles. The predicted molar refractivity (Wildman–Crippen MR) is 66.4 cm³/mol. The van der Waals surface area contributed by atoms with E-state index in [2.05, 4.69) is 31.2 Å². The van der Waals surface area contributed by atoms with Crippen LogP contribution in [0.5, 0.6) is 0 Å². The van der Waals surface area contributed by atoms with Gasteiger partial charge in [0.15, 0.2) is 0 Å². The van der Waals surface area contributed by atoms with Gasteiger partial charge in [-0.2, -0.15) is 0 Å². The van der Waals surface area contributed by atoms with Crippen LogP contribution in [0.1, 0.15) is 50.5 Å². The quantitative estimate of drug-likeness (QED) is 0.728. The molecule has 1 saturated carbocycles. The number of Topliss-reactive ketones (excluding diaryl/α,β-unsaturated/α-hetero) is 1. The highest BCUT2D eigenvalue weighted by Crippen LogP contribution is 2.30. The van der Waals surface area contributed by atoms with E-state index < -0.39 is 0 Å². The van der Waals surface area contributed by atoms with E-state index in [4.69, 9.17) is 0 Å². The molecule has 0 spiro atoms. The number of hydrogen-bond donors (Lipinski definition) is 0. The summed E-state index contributed by atoms with van der Waals surface area (Å²) in [5, 5.41) is 0. The fourth-order valence-electron chi connectivity index (χ4n) is 2.24. The fourth-order valence-corrected chi connectivity index (χ4v) is 2.24. The van der Waals surface area contributed by atoms with Gasteiger partial charge in [-0.1, -0.05) is 43.7 Å². The lowest BCUT2D eigenvalue weighted by Gasteiger charge is -2.24. The lowest BCUT2D eigenvalue weighted by atomic mass is 9.80. The van der Waals surface area contributed by atoms with E-state index in [1.54, 1.807) is 0 Å². The van der Waals surface area contributed by atoms with Gasteiger partial charge in [0.1, 0.15) is 5.78 Å². The van der Waals surface area contributed by atoms with Crippen molar-refractivity contribution in [2.75, 3.05) is 0 Å². The third kappa shape index (κ3) is 2.72. The molecule has 1 aromatic carbocycles. The summed E-state index contributed by atoms with van der Waals surface area (Å²) in [6.45, 7) is 2.21. The standard InChI is InChI=1S/C15H20O/c1-12(13-6-3-2-4-7-13)10-11-15(16)14-8-5-9-14/h2-4,6-7,12,14H,5,8-11H2,1H3. The highest BCUT2D eigenvalue weighted by Gasteiger charge is 2.24. The topological polar surface area (TPSA) is 17.1 Å². The minimum absolute atomic E-state index is 0.406. The Balaban J connectivity index is 1.79. The zero-order valence-corrected chi connectivity index (χ0v) is 9.99. The van der Waals surface area contributed by atoms with Crippen molar-refractivity contribution in [2.45, 2.75) is 44.9 Å². The van der Waals surface area contributed by atoms with Crippen molar-refractivity contribution < 1.29 is 4.79 Å². The van der Waals surface area contributed by atoms with Gasteiger partial charge >= 0.3 is 0 Å². The van der Waals surface area contributed by atoms with Gasteiger partial charge in [0.2, 0.25) is 0 Å². The van der Waals surface area contributed by atoms with E-state index in [0.29, 0.717) is 17.6 Å². The molecule has 86 valence electrons. The Morgan fingerprint density at radius 1 is 1.31 bits per heavy atom. The molecule has 16 heavy (non-hydrogen) atoms. The first-order valence-electron chi connectivity index (χ1n) is 6.35. The molecule has 0 amide bonds. The van der Waals surface area contributed by atoms with Crippen LogP contribution in [0.3, 0.4) is 0 Å². The van der Waals surface area contributed by atoms with Crippen LogP contribution in [-0.2, 0) is 4.79 Å². The zero-order chi connectivity index (χ0) is 11.4. The summed E-state index contributed by atoms with van der Waals surface area (Å²) in [5.41, 5.74) is 1.35. The van der Waals surface area contributed by atoms with Crippen LogP contribution in [0.2, 0.25) is 0 Å². The Bertz CT molecular complexity index is 338. The van der Waals surface area contributed by atoms with Crippen molar-refractivity contribution in [1.82, 2.24) is 0 Å². The molecule has 2 rings (SSSR count). The molecule has 1 fully saturated rings. The Kier molecular flexibility index (Phi) is 3.76. The largest absolute Gasteiger partial charge is 0.299 e. The molecule has 1 aliphatic carbocycles. The third-order valence-electron chi connectivity index (χ3n) is 3.75. The Morgan fingerprint density at radius 2 is 2.00 bits per heavy atom. The SMILES string of the molecule is CC(CCC(=O)C1CCC1)c1ccccc1. The summed E-state index contributed by atoms with van der Waals surface area (Å²) in [5.74, 6) is 1.40. The third-order valence-corrected chi connectivity index (χ3v) is 3.75. The maximum absolute atomic E-state index is 11.8. The van der Waals surface area contributed by atoms with Gasteiger partial charge in [-0.25, -0.2) is 0 Å². The normalized spacial score (nSPS) is 17.8. The van der Waals surface area contributed by atoms with E-state index in [1.807, 2.05) is 6.07 Å². The van der Waals surface area contributed by atoms with E-state index in [-0.39, 0.29) is 0 Å². The zero-order valence-electron chi connectivity index (χ0n) is 9.99. The van der Waals surface area contributed by atoms with Gasteiger partial charge in [0.25, 0.3) is 0 Å². The van der Waals surface area contributed by atoms with Gasteiger partial charge in [0, 0.05) is 12.3 Å². The van der Waals surface area contributed by atoms with Crippen molar-refractivity contribution in [3.05, 3.63) is 35.9 Å². The van der Waals surface area contributed by atoms with Crippen LogP contribution in [0.15, 0.2) is 30.3 Å². The van der Waals surface area contributed by atoms with Crippen LogP contribution in [0.25, 0.3) is 0 Å². The van der Waals surface area contributed by atoms with Crippen molar-refractivity contribution in [1.29, 1.82) is 0 Å². The molecule has 1 nitrogen and oxygen atoms in total. The first-order valence-corrected chi connectivity index (χ1v) is 6.35. The molecule has 1 atom stereocenters. The number of carbonyl (C=O) groups excluding carboxylic acids is 1. The maximum Gasteiger partial charge on any atom is 0.135 e. The minimum atomic E-state index is 0.406. The predicted octanol–water partition coefficient (Wildman–Crippen LogP) is 3.94.